The zero-order valence-electron chi connectivity index (χ0n) is 5.87. The summed E-state index contributed by atoms with van der Waals surface area (Å²) in [7, 11) is 1.42. The van der Waals surface area contributed by atoms with Crippen LogP contribution < -0.4 is 5.32 Å². The van der Waals surface area contributed by atoms with E-state index in [1.165, 1.54) is 19.2 Å². The van der Waals surface area contributed by atoms with Crippen molar-refractivity contribution in [1.82, 2.24) is 5.32 Å². The number of ether oxygens (including phenoxy) is 2. The number of carbonyl (C=O) groups is 2. The van der Waals surface area contributed by atoms with Crippen molar-refractivity contribution < 1.29 is 19.1 Å². The van der Waals surface area contributed by atoms with E-state index in [1.54, 1.807) is 0 Å². The van der Waals surface area contributed by atoms with Gasteiger partial charge in [0.15, 0.2) is 0 Å². The van der Waals surface area contributed by atoms with Crippen molar-refractivity contribution in [2.75, 3.05) is 7.05 Å². The van der Waals surface area contributed by atoms with Gasteiger partial charge in [0.05, 0.1) is 0 Å². The fourth-order valence-corrected chi connectivity index (χ4v) is 0.578. The lowest BCUT2D eigenvalue weighted by atomic mass is 10.5. The molecule has 5 heteroatoms. The van der Waals surface area contributed by atoms with Crippen molar-refractivity contribution in [3.05, 3.63) is 12.2 Å². The van der Waals surface area contributed by atoms with Gasteiger partial charge in [-0.25, -0.2) is 9.59 Å². The first-order chi connectivity index (χ1) is 5.22. The summed E-state index contributed by atoms with van der Waals surface area (Å²) < 4.78 is 9.05. The Morgan fingerprint density at radius 2 is 2.55 bits per heavy atom. The molecule has 0 spiro atoms. The summed E-state index contributed by atoms with van der Waals surface area (Å²) >= 11 is 0. The lowest BCUT2D eigenvalue weighted by molar-refractivity contribution is -0.150. The normalized spacial score (nSPS) is 21.2. The molecule has 0 saturated carbocycles. The third-order valence-electron chi connectivity index (χ3n) is 1.05. The maximum absolute atomic E-state index is 10.5. The first-order valence-electron chi connectivity index (χ1n) is 2.99. The molecule has 5 nitrogen and oxygen atoms in total. The Labute approximate surface area is 63.0 Å². The third kappa shape index (κ3) is 1.96. The van der Waals surface area contributed by atoms with Crippen molar-refractivity contribution in [1.29, 1.82) is 0 Å². The Balaban J connectivity index is 2.35. The van der Waals surface area contributed by atoms with Gasteiger partial charge in [-0.3, -0.25) is 0 Å². The molecule has 1 heterocycles. The Morgan fingerprint density at radius 1 is 1.82 bits per heavy atom. The van der Waals surface area contributed by atoms with Crippen LogP contribution in [0.4, 0.5) is 4.79 Å². The van der Waals surface area contributed by atoms with Gasteiger partial charge in [0.1, 0.15) is 0 Å². The van der Waals surface area contributed by atoms with Gasteiger partial charge in [0, 0.05) is 19.2 Å². The Bertz CT molecular complexity index is 211. The van der Waals surface area contributed by atoms with Crippen molar-refractivity contribution >= 4 is 12.1 Å². The first kappa shape index (κ1) is 7.59. The van der Waals surface area contributed by atoms with Crippen molar-refractivity contribution in [2.45, 2.75) is 6.29 Å². The number of rotatable bonds is 1. The van der Waals surface area contributed by atoms with E-state index in [-0.39, 0.29) is 0 Å². The number of amides is 1. The summed E-state index contributed by atoms with van der Waals surface area (Å²) in [5.41, 5.74) is 0. The standard InChI is InChI=1S/C6H7NO4/c1-7-6(9)11-5-3-2-4(8)10-5/h2-3,5H,1H3,(H,7,9). The molecule has 0 aromatic heterocycles. The van der Waals surface area contributed by atoms with E-state index in [0.717, 1.165) is 0 Å². The largest absolute Gasteiger partial charge is 0.418 e. The van der Waals surface area contributed by atoms with E-state index in [1.807, 2.05) is 0 Å². The number of hydrogen-bond donors (Lipinski definition) is 1. The zero-order valence-corrected chi connectivity index (χ0v) is 5.87. The summed E-state index contributed by atoms with van der Waals surface area (Å²) in [6.45, 7) is 0. The highest BCUT2D eigenvalue weighted by atomic mass is 16.7. The van der Waals surface area contributed by atoms with Gasteiger partial charge in [-0.1, -0.05) is 0 Å². The molecule has 1 aliphatic rings. The molecule has 0 radical (unpaired) electrons. The van der Waals surface area contributed by atoms with E-state index < -0.39 is 18.4 Å². The van der Waals surface area contributed by atoms with Crippen LogP contribution in [0.15, 0.2) is 12.2 Å². The average Bonchev–Trinajstić information content (AvgIpc) is 2.35. The van der Waals surface area contributed by atoms with Crippen LogP contribution in [0.25, 0.3) is 0 Å². The first-order valence-corrected chi connectivity index (χ1v) is 2.99. The van der Waals surface area contributed by atoms with E-state index in [2.05, 4.69) is 14.8 Å². The summed E-state index contributed by atoms with van der Waals surface area (Å²) in [5.74, 6) is -0.501. The Hall–Kier alpha value is -1.52. The van der Waals surface area contributed by atoms with Crippen LogP contribution in [0, 0.1) is 0 Å². The van der Waals surface area contributed by atoms with Crippen LogP contribution in [0.2, 0.25) is 0 Å². The highest BCUT2D eigenvalue weighted by Gasteiger charge is 2.19. The van der Waals surface area contributed by atoms with Gasteiger partial charge in [-0.2, -0.15) is 0 Å². The molecule has 0 fully saturated rings. The van der Waals surface area contributed by atoms with Gasteiger partial charge >= 0.3 is 12.1 Å². The number of cyclic esters (lactones) is 1. The monoisotopic (exact) mass is 157 g/mol. The number of carbonyl (C=O) groups excluding carboxylic acids is 2. The molecule has 0 aliphatic carbocycles. The number of hydrogen-bond acceptors (Lipinski definition) is 4. The molecule has 0 aromatic carbocycles. The number of esters is 1. The van der Waals surface area contributed by atoms with Crippen molar-refractivity contribution in [3.8, 4) is 0 Å². The SMILES string of the molecule is CNC(=O)OC1C=CC(=O)O1. The van der Waals surface area contributed by atoms with E-state index in [4.69, 9.17) is 0 Å². The van der Waals surface area contributed by atoms with Gasteiger partial charge in [0.2, 0.25) is 0 Å². The maximum Gasteiger partial charge on any atom is 0.410 e. The molecule has 0 saturated heterocycles. The predicted molar refractivity (Wildman–Crippen MR) is 34.6 cm³/mol. The minimum atomic E-state index is -0.873. The zero-order chi connectivity index (χ0) is 8.27. The van der Waals surface area contributed by atoms with Gasteiger partial charge < -0.3 is 14.8 Å². The smallest absolute Gasteiger partial charge is 0.410 e. The quantitative estimate of drug-likeness (QED) is 0.534. The molecular formula is C6H7NO4. The van der Waals surface area contributed by atoms with Crippen molar-refractivity contribution in [2.24, 2.45) is 0 Å². The lowest BCUT2D eigenvalue weighted by Crippen LogP contribution is -2.25. The summed E-state index contributed by atoms with van der Waals surface area (Å²) in [6.07, 6.45) is 1.06. The summed E-state index contributed by atoms with van der Waals surface area (Å²) in [5, 5.41) is 2.22. The number of nitrogens with one attached hydrogen (secondary N) is 1. The number of alkyl carbamates (subject to hydrolysis) is 1. The minimum absolute atomic E-state index is 0.501. The summed E-state index contributed by atoms with van der Waals surface area (Å²) in [4.78, 5) is 20.9. The summed E-state index contributed by atoms with van der Waals surface area (Å²) in [6, 6.07) is 0. The van der Waals surface area contributed by atoms with Crippen LogP contribution in [-0.4, -0.2) is 25.4 Å². The molecule has 0 aromatic rings. The second kappa shape index (κ2) is 3.05. The second-order valence-electron chi connectivity index (χ2n) is 1.82. The Kier molecular flexibility index (Phi) is 2.10. The van der Waals surface area contributed by atoms with E-state index >= 15 is 0 Å². The van der Waals surface area contributed by atoms with Crippen molar-refractivity contribution in [3.63, 3.8) is 0 Å². The van der Waals surface area contributed by atoms with Gasteiger partial charge in [-0.05, 0) is 0 Å². The highest BCUT2D eigenvalue weighted by molar-refractivity contribution is 5.84. The molecule has 1 unspecified atom stereocenters. The lowest BCUT2D eigenvalue weighted by Gasteiger charge is -2.08. The van der Waals surface area contributed by atoms with Gasteiger partial charge in [-0.15, -0.1) is 0 Å². The highest BCUT2D eigenvalue weighted by Crippen LogP contribution is 2.05. The molecular weight excluding hydrogens is 150 g/mol. The molecule has 1 rings (SSSR count). The van der Waals surface area contributed by atoms with Crippen LogP contribution in [0.5, 0.6) is 0 Å². The molecule has 0 bridgehead atoms. The molecule has 1 amide bonds. The van der Waals surface area contributed by atoms with Crippen LogP contribution in [0.3, 0.4) is 0 Å². The Morgan fingerprint density at radius 3 is 3.00 bits per heavy atom. The molecule has 1 aliphatic heterocycles. The minimum Gasteiger partial charge on any atom is -0.418 e. The van der Waals surface area contributed by atoms with Crippen LogP contribution in [0.1, 0.15) is 0 Å². The predicted octanol–water partition coefficient (Wildman–Crippen LogP) is -0.219. The molecule has 1 N–H and O–H groups in total. The maximum atomic E-state index is 10.5. The average molecular weight is 157 g/mol. The fraction of sp³-hybridized carbons (Fsp3) is 0.333. The third-order valence-corrected chi connectivity index (χ3v) is 1.05. The molecule has 1 atom stereocenters. The topological polar surface area (TPSA) is 64.6 Å². The van der Waals surface area contributed by atoms with Gasteiger partial charge in [0.25, 0.3) is 6.29 Å². The fourth-order valence-electron chi connectivity index (χ4n) is 0.578. The van der Waals surface area contributed by atoms with Crippen LogP contribution >= 0.6 is 0 Å². The van der Waals surface area contributed by atoms with E-state index in [9.17, 15) is 9.59 Å². The molecule has 60 valence electrons. The second-order valence-corrected chi connectivity index (χ2v) is 1.82. The molecule has 11 heavy (non-hydrogen) atoms. The van der Waals surface area contributed by atoms with E-state index in [0.29, 0.717) is 0 Å². The van der Waals surface area contributed by atoms with Crippen LogP contribution in [-0.2, 0) is 14.3 Å².